The molecule has 9 heavy (non-hydrogen) atoms. The van der Waals surface area contributed by atoms with E-state index >= 15 is 0 Å². The van der Waals surface area contributed by atoms with E-state index in [1.165, 1.54) is 9.79 Å². The summed E-state index contributed by atoms with van der Waals surface area (Å²) in [7, 11) is 1.70. The topological polar surface area (TPSA) is 9.23 Å². The fourth-order valence-corrected chi connectivity index (χ4v) is 1.56. The first kappa shape index (κ1) is 5.18. The van der Waals surface area contributed by atoms with E-state index in [2.05, 4.69) is 6.07 Å². The normalized spacial score (nSPS) is 12.6. The van der Waals surface area contributed by atoms with Gasteiger partial charge in [-0.15, -0.1) is 0 Å². The summed E-state index contributed by atoms with van der Waals surface area (Å²) in [6, 6.07) is 6.10. The van der Waals surface area contributed by atoms with Crippen LogP contribution in [0.2, 0.25) is 0 Å². The Balaban J connectivity index is 2.51. The average Bonchev–Trinajstić information content (AvgIpc) is 2.64. The standard InChI is InChI=1S/C7H6OS/c1-8-5-3-2-4-6-7(5)9-6/h2-4H,1H3. The minimum Gasteiger partial charge on any atom is -0.496 e. The molecule has 0 radical (unpaired) electrons. The minimum absolute atomic E-state index is 1.01. The number of benzene rings is 1. The first-order valence-electron chi connectivity index (χ1n) is 2.76. The molecular weight excluding hydrogens is 132 g/mol. The van der Waals surface area contributed by atoms with Crippen molar-refractivity contribution >= 4 is 11.8 Å². The van der Waals surface area contributed by atoms with Crippen LogP contribution in [0.1, 0.15) is 0 Å². The van der Waals surface area contributed by atoms with Crippen molar-refractivity contribution in [3.05, 3.63) is 18.2 Å². The van der Waals surface area contributed by atoms with Crippen molar-refractivity contribution < 1.29 is 4.74 Å². The molecule has 0 N–H and O–H groups in total. The average molecular weight is 138 g/mol. The van der Waals surface area contributed by atoms with Crippen molar-refractivity contribution in [3.63, 3.8) is 0 Å². The van der Waals surface area contributed by atoms with Gasteiger partial charge < -0.3 is 4.74 Å². The maximum Gasteiger partial charge on any atom is 0.133 e. The van der Waals surface area contributed by atoms with Gasteiger partial charge in [0.2, 0.25) is 0 Å². The molecule has 1 aliphatic heterocycles. The highest BCUT2D eigenvalue weighted by molar-refractivity contribution is 8.05. The van der Waals surface area contributed by atoms with Crippen LogP contribution in [-0.2, 0) is 0 Å². The Kier molecular flexibility index (Phi) is 0.963. The molecule has 0 aliphatic carbocycles. The van der Waals surface area contributed by atoms with Crippen molar-refractivity contribution in [1.29, 1.82) is 0 Å². The second-order valence-electron chi connectivity index (χ2n) is 1.89. The summed E-state index contributed by atoms with van der Waals surface area (Å²) in [6.07, 6.45) is 0. The second kappa shape index (κ2) is 1.67. The highest BCUT2D eigenvalue weighted by atomic mass is 32.2. The number of methoxy groups -OCH3 is 1. The van der Waals surface area contributed by atoms with Gasteiger partial charge in [-0.2, -0.15) is 0 Å². The molecule has 0 bridgehead atoms. The lowest BCUT2D eigenvalue weighted by Gasteiger charge is -1.93. The molecule has 0 atom stereocenters. The molecule has 1 aliphatic rings. The molecule has 2 heteroatoms. The molecule has 0 amide bonds. The van der Waals surface area contributed by atoms with Gasteiger partial charge in [0.05, 0.1) is 12.0 Å². The zero-order valence-corrected chi connectivity index (χ0v) is 5.87. The Morgan fingerprint density at radius 2 is 2.33 bits per heavy atom. The van der Waals surface area contributed by atoms with Gasteiger partial charge in [-0.25, -0.2) is 0 Å². The lowest BCUT2D eigenvalue weighted by atomic mass is 10.3. The highest BCUT2D eigenvalue weighted by Gasteiger charge is 2.21. The molecule has 0 unspecified atom stereocenters. The molecule has 46 valence electrons. The smallest absolute Gasteiger partial charge is 0.133 e. The third-order valence-corrected chi connectivity index (χ3v) is 2.31. The molecule has 0 fully saturated rings. The van der Waals surface area contributed by atoms with Gasteiger partial charge >= 0.3 is 0 Å². The van der Waals surface area contributed by atoms with Gasteiger partial charge in [-0.1, -0.05) is 17.8 Å². The summed E-state index contributed by atoms with van der Waals surface area (Å²) in [5.41, 5.74) is 0. The van der Waals surface area contributed by atoms with Crippen LogP contribution in [0.25, 0.3) is 0 Å². The fraction of sp³-hybridized carbons (Fsp3) is 0.143. The molecule has 0 aromatic heterocycles. The maximum absolute atomic E-state index is 5.08. The summed E-state index contributed by atoms with van der Waals surface area (Å²) in [5, 5.41) is 0. The zero-order valence-electron chi connectivity index (χ0n) is 5.05. The molecule has 0 saturated carbocycles. The highest BCUT2D eigenvalue weighted by Crippen LogP contribution is 2.53. The summed E-state index contributed by atoms with van der Waals surface area (Å²) in [5.74, 6) is 1.01. The van der Waals surface area contributed by atoms with Gasteiger partial charge in [0.25, 0.3) is 0 Å². The zero-order chi connectivity index (χ0) is 6.27. The van der Waals surface area contributed by atoms with Crippen LogP contribution in [0.5, 0.6) is 5.75 Å². The SMILES string of the molecule is COc1cccc2c1S2. The Hall–Kier alpha value is -0.630. The van der Waals surface area contributed by atoms with E-state index in [0.717, 1.165) is 5.75 Å². The van der Waals surface area contributed by atoms with E-state index < -0.39 is 0 Å². The van der Waals surface area contributed by atoms with Gasteiger partial charge in [0.1, 0.15) is 5.75 Å². The number of rotatable bonds is 1. The largest absolute Gasteiger partial charge is 0.496 e. The number of fused-ring (bicyclic) bond motifs is 1. The number of ether oxygens (including phenoxy) is 1. The first-order valence-corrected chi connectivity index (χ1v) is 3.58. The van der Waals surface area contributed by atoms with Crippen molar-refractivity contribution in [2.75, 3.05) is 7.11 Å². The van der Waals surface area contributed by atoms with Gasteiger partial charge in [-0.05, 0) is 12.1 Å². The Labute approximate surface area is 58.0 Å². The van der Waals surface area contributed by atoms with Gasteiger partial charge in [0, 0.05) is 4.90 Å². The summed E-state index contributed by atoms with van der Waals surface area (Å²) < 4.78 is 5.08. The van der Waals surface area contributed by atoms with Crippen molar-refractivity contribution in [3.8, 4) is 5.75 Å². The van der Waals surface area contributed by atoms with E-state index in [-0.39, 0.29) is 0 Å². The van der Waals surface area contributed by atoms with E-state index in [1.807, 2.05) is 12.1 Å². The maximum atomic E-state index is 5.08. The third-order valence-electron chi connectivity index (χ3n) is 1.33. The van der Waals surface area contributed by atoms with Crippen molar-refractivity contribution in [1.82, 2.24) is 0 Å². The minimum atomic E-state index is 1.01. The molecule has 1 aromatic rings. The number of hydrogen-bond donors (Lipinski definition) is 0. The summed E-state index contributed by atoms with van der Waals surface area (Å²) in [4.78, 5) is 2.66. The second-order valence-corrected chi connectivity index (χ2v) is 2.94. The quantitative estimate of drug-likeness (QED) is 0.558. The van der Waals surface area contributed by atoms with Crippen molar-refractivity contribution in [2.24, 2.45) is 0 Å². The number of hydrogen-bond acceptors (Lipinski definition) is 2. The van der Waals surface area contributed by atoms with Crippen molar-refractivity contribution in [2.45, 2.75) is 9.79 Å². The summed E-state index contributed by atoms with van der Waals surface area (Å²) >= 11 is 1.78. The molecule has 1 heterocycles. The van der Waals surface area contributed by atoms with E-state index in [4.69, 9.17) is 4.74 Å². The van der Waals surface area contributed by atoms with Crippen LogP contribution < -0.4 is 4.74 Å². The molecule has 1 aromatic carbocycles. The van der Waals surface area contributed by atoms with Crippen LogP contribution in [0.15, 0.2) is 28.0 Å². The van der Waals surface area contributed by atoms with E-state index in [9.17, 15) is 0 Å². The van der Waals surface area contributed by atoms with Gasteiger partial charge in [-0.3, -0.25) is 0 Å². The Morgan fingerprint density at radius 1 is 1.44 bits per heavy atom. The lowest BCUT2D eigenvalue weighted by Crippen LogP contribution is -1.78. The van der Waals surface area contributed by atoms with Gasteiger partial charge in [0.15, 0.2) is 0 Å². The van der Waals surface area contributed by atoms with Crippen LogP contribution in [0.3, 0.4) is 0 Å². The lowest BCUT2D eigenvalue weighted by molar-refractivity contribution is 0.405. The van der Waals surface area contributed by atoms with Crippen LogP contribution >= 0.6 is 11.8 Å². The van der Waals surface area contributed by atoms with Crippen LogP contribution in [-0.4, -0.2) is 7.11 Å². The fourth-order valence-electron chi connectivity index (χ4n) is 0.825. The Morgan fingerprint density at radius 3 is 3.00 bits per heavy atom. The van der Waals surface area contributed by atoms with Crippen LogP contribution in [0, 0.1) is 0 Å². The monoisotopic (exact) mass is 138 g/mol. The molecule has 0 spiro atoms. The predicted octanol–water partition coefficient (Wildman–Crippen LogP) is 2.16. The van der Waals surface area contributed by atoms with Crippen LogP contribution in [0.4, 0.5) is 0 Å². The summed E-state index contributed by atoms with van der Waals surface area (Å²) in [6.45, 7) is 0. The first-order chi connectivity index (χ1) is 4.42. The van der Waals surface area contributed by atoms with E-state index in [1.54, 1.807) is 18.9 Å². The Bertz CT molecular complexity index is 245. The molecule has 1 nitrogen and oxygen atoms in total. The molecular formula is C7H6OS. The van der Waals surface area contributed by atoms with E-state index in [0.29, 0.717) is 0 Å². The third kappa shape index (κ3) is 0.704. The predicted molar refractivity (Wildman–Crippen MR) is 37.1 cm³/mol. The molecule has 2 rings (SSSR count). The molecule has 0 saturated heterocycles.